The number of nitrogens with one attached hydrogen (secondary N) is 2. The predicted molar refractivity (Wildman–Crippen MR) is 86.2 cm³/mol. The fraction of sp³-hybridized carbons (Fsp3) is 0.294. The number of anilines is 1. The van der Waals surface area contributed by atoms with Gasteiger partial charge in [-0.3, -0.25) is 9.59 Å². The Labute approximate surface area is 138 Å². The molecule has 0 spiro atoms. The predicted octanol–water partition coefficient (Wildman–Crippen LogP) is 1.78. The molecule has 1 aromatic heterocycles. The van der Waals surface area contributed by atoms with E-state index >= 15 is 0 Å². The largest absolute Gasteiger partial charge is 0.459 e. The van der Waals surface area contributed by atoms with Gasteiger partial charge in [-0.1, -0.05) is 0 Å². The maximum Gasteiger partial charge on any atom is 0.290 e. The molecule has 126 valence electrons. The van der Waals surface area contributed by atoms with Crippen molar-refractivity contribution in [1.82, 2.24) is 10.2 Å². The molecule has 7 heteroatoms. The van der Waals surface area contributed by atoms with Crippen molar-refractivity contribution in [3.05, 3.63) is 53.7 Å². The number of benzene rings is 1. The molecule has 6 nitrogen and oxygen atoms in total. The molecule has 24 heavy (non-hydrogen) atoms. The summed E-state index contributed by atoms with van der Waals surface area (Å²) in [5, 5.41) is 5.82. The van der Waals surface area contributed by atoms with Crippen LogP contribution in [0.5, 0.6) is 0 Å². The van der Waals surface area contributed by atoms with E-state index < -0.39 is 6.04 Å². The molecule has 1 fully saturated rings. The Kier molecular flexibility index (Phi) is 4.61. The van der Waals surface area contributed by atoms with E-state index in [4.69, 9.17) is 4.42 Å². The maximum absolute atomic E-state index is 13.0. The summed E-state index contributed by atoms with van der Waals surface area (Å²) < 4.78 is 18.2. The third kappa shape index (κ3) is 3.30. The molecule has 2 amide bonds. The molecule has 1 aromatic carbocycles. The van der Waals surface area contributed by atoms with Gasteiger partial charge in [-0.25, -0.2) is 4.39 Å². The van der Waals surface area contributed by atoms with Crippen LogP contribution in [0.4, 0.5) is 10.1 Å². The zero-order valence-corrected chi connectivity index (χ0v) is 13.2. The first-order chi connectivity index (χ1) is 11.6. The van der Waals surface area contributed by atoms with Crippen LogP contribution in [0, 0.1) is 12.7 Å². The average molecular weight is 331 g/mol. The number of aryl methyl sites for hydroxylation is 1. The second-order valence-corrected chi connectivity index (χ2v) is 5.65. The first-order valence-electron chi connectivity index (χ1n) is 7.68. The zero-order valence-electron chi connectivity index (χ0n) is 13.2. The Morgan fingerprint density at radius 1 is 1.29 bits per heavy atom. The molecule has 0 saturated carbocycles. The molecule has 1 aliphatic heterocycles. The summed E-state index contributed by atoms with van der Waals surface area (Å²) >= 11 is 0. The van der Waals surface area contributed by atoms with Gasteiger partial charge in [-0.2, -0.15) is 0 Å². The van der Waals surface area contributed by atoms with E-state index in [-0.39, 0.29) is 23.4 Å². The second-order valence-electron chi connectivity index (χ2n) is 5.65. The van der Waals surface area contributed by atoms with Crippen molar-refractivity contribution in [1.29, 1.82) is 0 Å². The number of halogens is 1. The lowest BCUT2D eigenvalue weighted by atomic mass is 10.1. The Bertz CT molecular complexity index is 742. The number of hydrogen-bond acceptors (Lipinski definition) is 4. The minimum atomic E-state index is -0.666. The SMILES string of the molecule is Cc1ccoc1C(=O)N1CCNC[C@@H]1C(=O)Nc1ccc(F)cc1. The van der Waals surface area contributed by atoms with Crippen molar-refractivity contribution in [3.63, 3.8) is 0 Å². The average Bonchev–Trinajstić information content (AvgIpc) is 3.02. The van der Waals surface area contributed by atoms with Crippen LogP contribution in [0.1, 0.15) is 16.1 Å². The normalized spacial score (nSPS) is 17.6. The Hall–Kier alpha value is -2.67. The summed E-state index contributed by atoms with van der Waals surface area (Å²) in [4.78, 5) is 26.7. The summed E-state index contributed by atoms with van der Waals surface area (Å²) in [7, 11) is 0. The summed E-state index contributed by atoms with van der Waals surface area (Å²) in [5.74, 6) is -0.765. The van der Waals surface area contributed by atoms with Gasteiger partial charge < -0.3 is 20.0 Å². The number of hydrogen-bond donors (Lipinski definition) is 2. The molecule has 0 unspecified atom stereocenters. The Morgan fingerprint density at radius 3 is 2.71 bits per heavy atom. The van der Waals surface area contributed by atoms with Crippen LogP contribution in [-0.2, 0) is 4.79 Å². The summed E-state index contributed by atoms with van der Waals surface area (Å²) in [6.07, 6.45) is 1.46. The monoisotopic (exact) mass is 331 g/mol. The van der Waals surface area contributed by atoms with E-state index in [0.29, 0.717) is 25.3 Å². The molecule has 1 saturated heterocycles. The van der Waals surface area contributed by atoms with Crippen LogP contribution < -0.4 is 10.6 Å². The number of carbonyl (C=O) groups excluding carboxylic acids is 2. The van der Waals surface area contributed by atoms with Gasteiger partial charge in [0.25, 0.3) is 5.91 Å². The number of nitrogens with zero attached hydrogens (tertiary/aromatic N) is 1. The Balaban J connectivity index is 1.76. The van der Waals surface area contributed by atoms with Crippen molar-refractivity contribution in [2.24, 2.45) is 0 Å². The highest BCUT2D eigenvalue weighted by molar-refractivity contribution is 6.00. The topological polar surface area (TPSA) is 74.6 Å². The second kappa shape index (κ2) is 6.84. The van der Waals surface area contributed by atoms with Crippen LogP contribution in [-0.4, -0.2) is 42.4 Å². The third-order valence-electron chi connectivity index (χ3n) is 3.97. The number of rotatable bonds is 3. The summed E-state index contributed by atoms with van der Waals surface area (Å²) in [5.41, 5.74) is 1.21. The minimum Gasteiger partial charge on any atom is -0.459 e. The van der Waals surface area contributed by atoms with E-state index in [1.165, 1.54) is 35.4 Å². The molecule has 2 aromatic rings. The van der Waals surface area contributed by atoms with E-state index in [2.05, 4.69) is 10.6 Å². The van der Waals surface area contributed by atoms with Crippen LogP contribution in [0.3, 0.4) is 0 Å². The summed E-state index contributed by atoms with van der Waals surface area (Å²) in [6, 6.07) is 6.54. The van der Waals surface area contributed by atoms with Gasteiger partial charge in [-0.15, -0.1) is 0 Å². The van der Waals surface area contributed by atoms with Crippen molar-refractivity contribution >= 4 is 17.5 Å². The maximum atomic E-state index is 13.0. The molecule has 0 aliphatic carbocycles. The van der Waals surface area contributed by atoms with Crippen LogP contribution in [0.15, 0.2) is 41.0 Å². The smallest absolute Gasteiger partial charge is 0.290 e. The van der Waals surface area contributed by atoms with E-state index in [1.54, 1.807) is 13.0 Å². The first-order valence-corrected chi connectivity index (χ1v) is 7.68. The van der Waals surface area contributed by atoms with Crippen LogP contribution in [0.25, 0.3) is 0 Å². The number of furan rings is 1. The highest BCUT2D eigenvalue weighted by Crippen LogP contribution is 2.17. The summed E-state index contributed by atoms with van der Waals surface area (Å²) in [6.45, 7) is 3.14. The van der Waals surface area contributed by atoms with Crippen molar-refractivity contribution in [2.45, 2.75) is 13.0 Å². The van der Waals surface area contributed by atoms with E-state index in [9.17, 15) is 14.0 Å². The molecule has 1 aliphatic rings. The molecule has 3 rings (SSSR count). The van der Waals surface area contributed by atoms with Gasteiger partial charge in [0.15, 0.2) is 5.76 Å². The van der Waals surface area contributed by atoms with Crippen molar-refractivity contribution in [3.8, 4) is 0 Å². The quantitative estimate of drug-likeness (QED) is 0.899. The lowest BCUT2D eigenvalue weighted by Crippen LogP contribution is -2.58. The van der Waals surface area contributed by atoms with Crippen LogP contribution >= 0.6 is 0 Å². The van der Waals surface area contributed by atoms with Gasteiger partial charge >= 0.3 is 0 Å². The molecule has 0 bridgehead atoms. The standard InChI is InChI=1S/C17H18FN3O3/c1-11-6-9-24-15(11)17(23)21-8-7-19-10-14(21)16(22)20-13-4-2-12(18)3-5-13/h2-6,9,14,19H,7-8,10H2,1H3,(H,20,22)/t14-/m1/s1. The highest BCUT2D eigenvalue weighted by atomic mass is 19.1. The molecule has 2 N–H and O–H groups in total. The van der Waals surface area contributed by atoms with E-state index in [1.807, 2.05) is 0 Å². The minimum absolute atomic E-state index is 0.247. The molecule has 2 heterocycles. The zero-order chi connectivity index (χ0) is 17.1. The molecular formula is C17H18FN3O3. The lowest BCUT2D eigenvalue weighted by Gasteiger charge is -2.34. The Morgan fingerprint density at radius 2 is 2.04 bits per heavy atom. The third-order valence-corrected chi connectivity index (χ3v) is 3.97. The number of piperazine rings is 1. The molecular weight excluding hydrogens is 313 g/mol. The van der Waals surface area contributed by atoms with Crippen LogP contribution in [0.2, 0.25) is 0 Å². The highest BCUT2D eigenvalue weighted by Gasteiger charge is 2.34. The fourth-order valence-electron chi connectivity index (χ4n) is 2.66. The molecule has 0 radical (unpaired) electrons. The number of amides is 2. The lowest BCUT2D eigenvalue weighted by molar-refractivity contribution is -0.121. The van der Waals surface area contributed by atoms with E-state index in [0.717, 1.165) is 5.56 Å². The van der Waals surface area contributed by atoms with Gasteiger partial charge in [0.1, 0.15) is 11.9 Å². The number of carbonyl (C=O) groups is 2. The van der Waals surface area contributed by atoms with Gasteiger partial charge in [0.2, 0.25) is 5.91 Å². The first kappa shape index (κ1) is 16.2. The van der Waals surface area contributed by atoms with Crippen molar-refractivity contribution in [2.75, 3.05) is 25.0 Å². The van der Waals surface area contributed by atoms with Gasteiger partial charge in [0.05, 0.1) is 6.26 Å². The van der Waals surface area contributed by atoms with Gasteiger partial charge in [-0.05, 0) is 37.3 Å². The van der Waals surface area contributed by atoms with Crippen molar-refractivity contribution < 1.29 is 18.4 Å². The van der Waals surface area contributed by atoms with Gasteiger partial charge in [0, 0.05) is 30.9 Å². The fourth-order valence-corrected chi connectivity index (χ4v) is 2.66. The molecule has 1 atom stereocenters.